The third-order valence-electron chi connectivity index (χ3n) is 4.63. The molecule has 140 valence electrons. The molecule has 1 saturated heterocycles. The smallest absolute Gasteiger partial charge is 0.311 e. The molecule has 5 nitrogen and oxygen atoms in total. The van der Waals surface area contributed by atoms with Crippen LogP contribution in [0.5, 0.6) is 0 Å². The fraction of sp³-hybridized carbons (Fsp3) is 0.286. The Hall–Kier alpha value is -2.47. The second-order valence-corrected chi connectivity index (χ2v) is 7.38. The average Bonchev–Trinajstić information content (AvgIpc) is 3.08. The van der Waals surface area contributed by atoms with E-state index in [2.05, 4.69) is 22.9 Å². The first-order valence-corrected chi connectivity index (χ1v) is 9.62. The summed E-state index contributed by atoms with van der Waals surface area (Å²) in [7, 11) is 0. The van der Waals surface area contributed by atoms with Crippen molar-refractivity contribution in [2.75, 3.05) is 18.1 Å². The lowest BCUT2D eigenvalue weighted by Gasteiger charge is -2.17. The molecule has 0 radical (unpaired) electrons. The van der Waals surface area contributed by atoms with E-state index in [9.17, 15) is 14.4 Å². The number of halogens is 1. The minimum Gasteiger partial charge on any atom is -0.457 e. The molecule has 3 rings (SSSR count). The Labute approximate surface area is 166 Å². The van der Waals surface area contributed by atoms with Crippen LogP contribution in [0, 0.1) is 5.92 Å². The molecule has 2 aromatic rings. The molecule has 0 saturated carbocycles. The number of benzene rings is 2. The van der Waals surface area contributed by atoms with Crippen molar-refractivity contribution in [3.63, 3.8) is 0 Å². The topological polar surface area (TPSA) is 63.7 Å². The van der Waals surface area contributed by atoms with Crippen LogP contribution in [-0.2, 0) is 20.7 Å². The molecule has 0 aliphatic carbocycles. The third kappa shape index (κ3) is 4.63. The molecule has 1 heterocycles. The van der Waals surface area contributed by atoms with E-state index in [0.29, 0.717) is 5.56 Å². The summed E-state index contributed by atoms with van der Waals surface area (Å²) in [5.74, 6) is -1.45. The van der Waals surface area contributed by atoms with Gasteiger partial charge in [0.15, 0.2) is 12.4 Å². The summed E-state index contributed by atoms with van der Waals surface area (Å²) in [5, 5.41) is 0. The Kier molecular flexibility index (Phi) is 6.06. The number of amides is 1. The number of hydrogen-bond acceptors (Lipinski definition) is 4. The van der Waals surface area contributed by atoms with Gasteiger partial charge in [0.2, 0.25) is 5.91 Å². The molecule has 0 aromatic heterocycles. The maximum Gasteiger partial charge on any atom is 0.311 e. The number of esters is 1. The predicted octanol–water partition coefficient (Wildman–Crippen LogP) is 3.79. The molecule has 1 amide bonds. The van der Waals surface area contributed by atoms with Gasteiger partial charge in [-0.1, -0.05) is 47.1 Å². The molecule has 0 unspecified atom stereocenters. The van der Waals surface area contributed by atoms with Crippen LogP contribution in [0.15, 0.2) is 53.0 Å². The van der Waals surface area contributed by atoms with E-state index in [1.165, 1.54) is 5.56 Å². The zero-order chi connectivity index (χ0) is 19.4. The summed E-state index contributed by atoms with van der Waals surface area (Å²) in [5.41, 5.74) is 2.44. The molecule has 1 fully saturated rings. The number of carbonyl (C=O) groups excluding carboxylic acids is 3. The molecule has 27 heavy (non-hydrogen) atoms. The summed E-state index contributed by atoms with van der Waals surface area (Å²) in [6.07, 6.45) is 1.02. The molecule has 2 aromatic carbocycles. The summed E-state index contributed by atoms with van der Waals surface area (Å²) < 4.78 is 6.03. The van der Waals surface area contributed by atoms with E-state index in [1.54, 1.807) is 29.2 Å². The van der Waals surface area contributed by atoms with Crippen LogP contribution in [0.1, 0.15) is 29.3 Å². The Bertz CT molecular complexity index is 845. The molecule has 6 heteroatoms. The number of ether oxygens (including phenoxy) is 1. The van der Waals surface area contributed by atoms with Gasteiger partial charge in [-0.05, 0) is 36.2 Å². The van der Waals surface area contributed by atoms with Crippen molar-refractivity contribution < 1.29 is 19.1 Å². The van der Waals surface area contributed by atoms with E-state index in [-0.39, 0.29) is 31.3 Å². The van der Waals surface area contributed by atoms with Crippen molar-refractivity contribution in [2.24, 2.45) is 5.92 Å². The van der Waals surface area contributed by atoms with Gasteiger partial charge in [0.1, 0.15) is 0 Å². The van der Waals surface area contributed by atoms with Crippen LogP contribution in [-0.4, -0.2) is 30.8 Å². The number of aryl methyl sites for hydroxylation is 1. The lowest BCUT2D eigenvalue weighted by molar-refractivity contribution is -0.147. The van der Waals surface area contributed by atoms with E-state index in [1.807, 2.05) is 24.3 Å². The van der Waals surface area contributed by atoms with Crippen molar-refractivity contribution in [3.8, 4) is 0 Å². The van der Waals surface area contributed by atoms with Gasteiger partial charge < -0.3 is 9.64 Å². The second kappa shape index (κ2) is 8.48. The second-order valence-electron chi connectivity index (χ2n) is 6.46. The monoisotopic (exact) mass is 429 g/mol. The fourth-order valence-corrected chi connectivity index (χ4v) is 3.26. The summed E-state index contributed by atoms with van der Waals surface area (Å²) in [6, 6.07) is 14.6. The first-order valence-electron chi connectivity index (χ1n) is 8.82. The number of carbonyl (C=O) groups is 3. The van der Waals surface area contributed by atoms with Crippen molar-refractivity contribution in [3.05, 3.63) is 64.1 Å². The van der Waals surface area contributed by atoms with Crippen molar-refractivity contribution in [1.82, 2.24) is 0 Å². The molecular weight excluding hydrogens is 410 g/mol. The predicted molar refractivity (Wildman–Crippen MR) is 106 cm³/mol. The highest BCUT2D eigenvalue weighted by Crippen LogP contribution is 2.26. The number of Topliss-reactive ketones (excluding diaryl/α,β-unsaturated/α-hetero) is 1. The average molecular weight is 430 g/mol. The van der Waals surface area contributed by atoms with Crippen LogP contribution in [0.3, 0.4) is 0 Å². The first kappa shape index (κ1) is 19.3. The first-order chi connectivity index (χ1) is 13.0. The van der Waals surface area contributed by atoms with E-state index in [4.69, 9.17) is 4.74 Å². The normalized spacial score (nSPS) is 16.4. The zero-order valence-corrected chi connectivity index (χ0v) is 16.6. The molecule has 1 aliphatic rings. The minimum atomic E-state index is -0.555. The lowest BCUT2D eigenvalue weighted by atomic mass is 10.1. The summed E-state index contributed by atoms with van der Waals surface area (Å²) in [6.45, 7) is 2.02. The van der Waals surface area contributed by atoms with Gasteiger partial charge in [-0.2, -0.15) is 0 Å². The number of hydrogen-bond donors (Lipinski definition) is 0. The van der Waals surface area contributed by atoms with E-state index in [0.717, 1.165) is 16.6 Å². The Morgan fingerprint density at radius 3 is 2.41 bits per heavy atom. The Balaban J connectivity index is 1.56. The van der Waals surface area contributed by atoms with Crippen molar-refractivity contribution in [1.29, 1.82) is 0 Å². The quantitative estimate of drug-likeness (QED) is 0.517. The SMILES string of the molecule is CCc1ccc(N2C[C@@H](C(=O)OCC(=O)c3ccc(Br)cc3)CC2=O)cc1. The fourth-order valence-electron chi connectivity index (χ4n) is 3.00. The highest BCUT2D eigenvalue weighted by Gasteiger charge is 2.36. The van der Waals surface area contributed by atoms with Crippen LogP contribution in [0.25, 0.3) is 0 Å². The number of nitrogens with zero attached hydrogens (tertiary/aromatic N) is 1. The van der Waals surface area contributed by atoms with Gasteiger partial charge in [-0.3, -0.25) is 14.4 Å². The highest BCUT2D eigenvalue weighted by molar-refractivity contribution is 9.10. The van der Waals surface area contributed by atoms with Crippen LogP contribution in [0.4, 0.5) is 5.69 Å². The molecule has 1 atom stereocenters. The van der Waals surface area contributed by atoms with E-state index < -0.39 is 11.9 Å². The van der Waals surface area contributed by atoms with Gasteiger partial charge in [-0.15, -0.1) is 0 Å². The van der Waals surface area contributed by atoms with Crippen LogP contribution < -0.4 is 4.90 Å². The van der Waals surface area contributed by atoms with Gasteiger partial charge in [0.25, 0.3) is 0 Å². The number of ketones is 1. The Morgan fingerprint density at radius 1 is 1.11 bits per heavy atom. The number of rotatable bonds is 6. The summed E-state index contributed by atoms with van der Waals surface area (Å²) in [4.78, 5) is 38.3. The standard InChI is InChI=1S/C21H20BrNO4/c1-2-14-3-9-18(10-4-14)23-12-16(11-20(23)25)21(26)27-13-19(24)15-5-7-17(22)8-6-15/h3-10,16H,2,11-13H2,1H3/t16-/m0/s1. The van der Waals surface area contributed by atoms with Crippen LogP contribution >= 0.6 is 15.9 Å². The van der Waals surface area contributed by atoms with Gasteiger partial charge >= 0.3 is 5.97 Å². The van der Waals surface area contributed by atoms with Crippen molar-refractivity contribution >= 4 is 39.3 Å². The number of anilines is 1. The Morgan fingerprint density at radius 2 is 1.78 bits per heavy atom. The highest BCUT2D eigenvalue weighted by atomic mass is 79.9. The molecule has 0 N–H and O–H groups in total. The molecule has 0 spiro atoms. The van der Waals surface area contributed by atoms with Crippen LogP contribution in [0.2, 0.25) is 0 Å². The van der Waals surface area contributed by atoms with Gasteiger partial charge in [0, 0.05) is 28.7 Å². The summed E-state index contributed by atoms with van der Waals surface area (Å²) >= 11 is 3.31. The molecular formula is C21H20BrNO4. The minimum absolute atomic E-state index is 0.0981. The van der Waals surface area contributed by atoms with Gasteiger partial charge in [0.05, 0.1) is 5.92 Å². The molecule has 0 bridgehead atoms. The third-order valence-corrected chi connectivity index (χ3v) is 5.16. The van der Waals surface area contributed by atoms with E-state index >= 15 is 0 Å². The molecule has 1 aliphatic heterocycles. The largest absolute Gasteiger partial charge is 0.457 e. The maximum absolute atomic E-state index is 12.3. The zero-order valence-electron chi connectivity index (χ0n) is 15.0. The van der Waals surface area contributed by atoms with Gasteiger partial charge in [-0.25, -0.2) is 0 Å². The van der Waals surface area contributed by atoms with Crippen molar-refractivity contribution in [2.45, 2.75) is 19.8 Å². The maximum atomic E-state index is 12.3. The lowest BCUT2D eigenvalue weighted by Crippen LogP contribution is -2.27.